The Morgan fingerprint density at radius 3 is 2.26 bits per heavy atom. The SMILES string of the molecule is Cc1ccc2c(c1)c(C)c(-c1ccccc1CC(C)(CCCCCCOC(C)(C)C)CC1=C(c3ccccc3C)CCC=C1)n2C. The van der Waals surface area contributed by atoms with Crippen LogP contribution < -0.4 is 0 Å². The van der Waals surface area contributed by atoms with Gasteiger partial charge < -0.3 is 9.30 Å². The van der Waals surface area contributed by atoms with Crippen LogP contribution in [0.15, 0.2) is 84.5 Å². The molecule has 0 amide bonds. The van der Waals surface area contributed by atoms with Crippen molar-refractivity contribution in [3.05, 3.63) is 112 Å². The van der Waals surface area contributed by atoms with E-state index < -0.39 is 0 Å². The summed E-state index contributed by atoms with van der Waals surface area (Å²) in [4.78, 5) is 0. The predicted molar refractivity (Wildman–Crippen MR) is 200 cm³/mol. The van der Waals surface area contributed by atoms with Crippen molar-refractivity contribution < 1.29 is 4.74 Å². The summed E-state index contributed by atoms with van der Waals surface area (Å²) in [6, 6.07) is 25.1. The molecule has 5 rings (SSSR count). The van der Waals surface area contributed by atoms with Crippen molar-refractivity contribution >= 4 is 16.5 Å². The van der Waals surface area contributed by atoms with Crippen molar-refractivity contribution in [3.8, 4) is 11.3 Å². The van der Waals surface area contributed by atoms with E-state index in [4.69, 9.17) is 4.74 Å². The van der Waals surface area contributed by atoms with E-state index in [1.165, 1.54) is 81.2 Å². The van der Waals surface area contributed by atoms with E-state index in [1.807, 2.05) is 0 Å². The Morgan fingerprint density at radius 1 is 0.783 bits per heavy atom. The van der Waals surface area contributed by atoms with Crippen LogP contribution in [0.25, 0.3) is 27.7 Å². The first-order valence-electron chi connectivity index (χ1n) is 17.7. The molecule has 0 spiro atoms. The number of unbranched alkanes of at least 4 members (excludes halogenated alkanes) is 3. The highest BCUT2D eigenvalue weighted by molar-refractivity contribution is 5.92. The number of hydrogen-bond acceptors (Lipinski definition) is 1. The fourth-order valence-corrected chi connectivity index (χ4v) is 7.67. The first-order valence-corrected chi connectivity index (χ1v) is 17.7. The molecule has 46 heavy (non-hydrogen) atoms. The van der Waals surface area contributed by atoms with Crippen LogP contribution in [-0.4, -0.2) is 16.8 Å². The lowest BCUT2D eigenvalue weighted by Crippen LogP contribution is -2.22. The molecular formula is C44H57NO. The molecule has 0 fully saturated rings. The van der Waals surface area contributed by atoms with Gasteiger partial charge in [-0.15, -0.1) is 0 Å². The molecule has 2 nitrogen and oxygen atoms in total. The van der Waals surface area contributed by atoms with E-state index in [-0.39, 0.29) is 11.0 Å². The Balaban J connectivity index is 1.46. The van der Waals surface area contributed by atoms with Crippen molar-refractivity contribution in [1.29, 1.82) is 0 Å². The van der Waals surface area contributed by atoms with Gasteiger partial charge in [0.1, 0.15) is 0 Å². The maximum absolute atomic E-state index is 6.01. The standard InChI is InChI=1S/C44H57NO/c1-32-25-26-41-40(29-32)34(3)42(45(41)8)39-24-16-13-21-36(39)31-44(7,27-17-9-10-18-28-46-43(4,5)6)30-35-20-12-15-23-38(35)37-22-14-11-19-33(37)2/h11-14,16,19-22,24-26,29H,9-10,15,17-18,23,27-28,30-31H2,1-8H3. The number of nitrogens with zero attached hydrogens (tertiary/aromatic N) is 1. The number of benzene rings is 3. The van der Waals surface area contributed by atoms with Gasteiger partial charge >= 0.3 is 0 Å². The van der Waals surface area contributed by atoms with Crippen molar-refractivity contribution in [3.63, 3.8) is 0 Å². The van der Waals surface area contributed by atoms with Gasteiger partial charge in [0, 0.05) is 30.1 Å². The largest absolute Gasteiger partial charge is 0.376 e. The number of aromatic nitrogens is 1. The van der Waals surface area contributed by atoms with Gasteiger partial charge in [-0.3, -0.25) is 0 Å². The highest BCUT2D eigenvalue weighted by atomic mass is 16.5. The van der Waals surface area contributed by atoms with Crippen molar-refractivity contribution in [2.24, 2.45) is 12.5 Å². The molecule has 1 heterocycles. The Labute approximate surface area is 279 Å². The van der Waals surface area contributed by atoms with Crippen molar-refractivity contribution in [2.75, 3.05) is 6.61 Å². The van der Waals surface area contributed by atoms with Crippen molar-refractivity contribution in [1.82, 2.24) is 4.57 Å². The molecule has 1 atom stereocenters. The summed E-state index contributed by atoms with van der Waals surface area (Å²) in [6.07, 6.45) is 15.4. The van der Waals surface area contributed by atoms with Crippen LogP contribution in [0.1, 0.15) is 107 Å². The summed E-state index contributed by atoms with van der Waals surface area (Å²) in [5, 5.41) is 1.37. The van der Waals surface area contributed by atoms with Gasteiger partial charge in [-0.05, 0) is 131 Å². The van der Waals surface area contributed by atoms with Crippen molar-refractivity contribution in [2.45, 2.75) is 112 Å². The van der Waals surface area contributed by atoms with Gasteiger partial charge in [-0.1, -0.05) is 98.5 Å². The summed E-state index contributed by atoms with van der Waals surface area (Å²) < 4.78 is 8.43. The maximum atomic E-state index is 6.01. The first-order chi connectivity index (χ1) is 22.0. The summed E-state index contributed by atoms with van der Waals surface area (Å²) in [5.74, 6) is 0. The fraction of sp³-hybridized carbons (Fsp3) is 0.455. The number of hydrogen-bond donors (Lipinski definition) is 0. The quantitative estimate of drug-likeness (QED) is 0.136. The Bertz CT molecular complexity index is 1710. The van der Waals surface area contributed by atoms with E-state index >= 15 is 0 Å². The zero-order valence-corrected chi connectivity index (χ0v) is 29.9. The van der Waals surface area contributed by atoms with Gasteiger partial charge in [-0.25, -0.2) is 0 Å². The molecule has 0 bridgehead atoms. The smallest absolute Gasteiger partial charge is 0.0598 e. The predicted octanol–water partition coefficient (Wildman–Crippen LogP) is 12.3. The number of allylic oxidation sites excluding steroid dienone is 4. The lowest BCUT2D eigenvalue weighted by molar-refractivity contribution is -0.00479. The Hall–Kier alpha value is -3.36. The van der Waals surface area contributed by atoms with Crippen LogP contribution in [0, 0.1) is 26.2 Å². The summed E-state index contributed by atoms with van der Waals surface area (Å²) in [6.45, 7) is 16.6. The first kappa shape index (κ1) is 34.0. The Kier molecular flexibility index (Phi) is 10.8. The summed E-state index contributed by atoms with van der Waals surface area (Å²) in [5.41, 5.74) is 14.2. The van der Waals surface area contributed by atoms with Crippen LogP contribution in [0.4, 0.5) is 0 Å². The molecule has 1 aliphatic rings. The topological polar surface area (TPSA) is 14.2 Å². The number of ether oxygens (including phenoxy) is 1. The van der Waals surface area contributed by atoms with Gasteiger partial charge in [0.2, 0.25) is 0 Å². The lowest BCUT2D eigenvalue weighted by atomic mass is 9.71. The van der Waals surface area contributed by atoms with E-state index in [9.17, 15) is 0 Å². The third-order valence-corrected chi connectivity index (χ3v) is 10.1. The molecule has 0 saturated carbocycles. The fourth-order valence-electron chi connectivity index (χ4n) is 7.67. The zero-order chi connectivity index (χ0) is 32.9. The third-order valence-electron chi connectivity index (χ3n) is 10.1. The van der Waals surface area contributed by atoms with Crippen LogP contribution in [0.3, 0.4) is 0 Å². The second-order valence-electron chi connectivity index (χ2n) is 15.3. The average molecular weight is 616 g/mol. The monoisotopic (exact) mass is 615 g/mol. The normalized spacial score (nSPS) is 15.1. The molecule has 0 saturated heterocycles. The van der Waals surface area contributed by atoms with Crippen LogP contribution >= 0.6 is 0 Å². The second-order valence-corrected chi connectivity index (χ2v) is 15.3. The molecule has 3 aromatic carbocycles. The number of rotatable bonds is 13. The van der Waals surface area contributed by atoms with Crippen LogP contribution in [0.5, 0.6) is 0 Å². The van der Waals surface area contributed by atoms with Gasteiger partial charge in [0.25, 0.3) is 0 Å². The molecule has 0 radical (unpaired) electrons. The summed E-state index contributed by atoms with van der Waals surface area (Å²) >= 11 is 0. The van der Waals surface area contributed by atoms with E-state index in [0.29, 0.717) is 0 Å². The number of fused-ring (bicyclic) bond motifs is 1. The van der Waals surface area contributed by atoms with Crippen LogP contribution in [-0.2, 0) is 18.2 Å². The molecule has 0 aliphatic heterocycles. The molecule has 2 heteroatoms. The molecule has 244 valence electrons. The molecule has 1 unspecified atom stereocenters. The highest BCUT2D eigenvalue weighted by Gasteiger charge is 2.29. The Morgan fingerprint density at radius 2 is 1.50 bits per heavy atom. The lowest BCUT2D eigenvalue weighted by Gasteiger charge is -2.33. The van der Waals surface area contributed by atoms with E-state index in [0.717, 1.165) is 38.7 Å². The zero-order valence-electron chi connectivity index (χ0n) is 29.9. The van der Waals surface area contributed by atoms with Crippen LogP contribution in [0.2, 0.25) is 0 Å². The second kappa shape index (κ2) is 14.6. The maximum Gasteiger partial charge on any atom is 0.0598 e. The third kappa shape index (κ3) is 8.13. The molecule has 1 aromatic heterocycles. The highest BCUT2D eigenvalue weighted by Crippen LogP contribution is 2.44. The van der Waals surface area contributed by atoms with Gasteiger partial charge in [-0.2, -0.15) is 0 Å². The molecule has 4 aromatic rings. The minimum Gasteiger partial charge on any atom is -0.376 e. The number of aryl methyl sites for hydroxylation is 4. The minimum atomic E-state index is -0.0522. The molecule has 0 N–H and O–H groups in total. The molecular weight excluding hydrogens is 558 g/mol. The van der Waals surface area contributed by atoms with E-state index in [1.54, 1.807) is 5.57 Å². The van der Waals surface area contributed by atoms with E-state index in [2.05, 4.69) is 139 Å². The van der Waals surface area contributed by atoms with Gasteiger partial charge in [0.05, 0.1) is 11.3 Å². The average Bonchev–Trinajstić information content (AvgIpc) is 3.25. The minimum absolute atomic E-state index is 0.0522. The van der Waals surface area contributed by atoms with Gasteiger partial charge in [0.15, 0.2) is 0 Å². The molecule has 1 aliphatic carbocycles. The summed E-state index contributed by atoms with van der Waals surface area (Å²) in [7, 11) is 2.24.